The van der Waals surface area contributed by atoms with E-state index in [1.54, 1.807) is 26.6 Å². The Morgan fingerprint density at radius 1 is 1.00 bits per heavy atom. The van der Waals surface area contributed by atoms with E-state index < -0.39 is 0 Å². The number of methoxy groups -OCH3 is 2. The van der Waals surface area contributed by atoms with E-state index in [1.165, 1.54) is 0 Å². The van der Waals surface area contributed by atoms with Crippen molar-refractivity contribution in [2.24, 2.45) is 0 Å². The minimum absolute atomic E-state index is 0.436. The number of rotatable bonds is 5. The average Bonchev–Trinajstić information content (AvgIpc) is 3.04. The summed E-state index contributed by atoms with van der Waals surface area (Å²) in [5.41, 5.74) is 1.73. The first-order valence-corrected chi connectivity index (χ1v) is 6.74. The highest BCUT2D eigenvalue weighted by atomic mass is 16.5. The van der Waals surface area contributed by atoms with Crippen molar-refractivity contribution in [1.82, 2.24) is 15.1 Å². The first-order valence-electron chi connectivity index (χ1n) is 6.74. The summed E-state index contributed by atoms with van der Waals surface area (Å²) in [5.74, 6) is 2.48. The zero-order valence-corrected chi connectivity index (χ0v) is 12.3. The SMILES string of the molecule is COc1cccc(OC)c1Cc1nc(-c2ccncc2)no1. The Labute approximate surface area is 127 Å². The number of nitrogens with zero attached hydrogens (tertiary/aromatic N) is 3. The van der Waals surface area contributed by atoms with Crippen LogP contribution in [0.4, 0.5) is 0 Å². The predicted octanol–water partition coefficient (Wildman–Crippen LogP) is 2.74. The number of ether oxygens (including phenoxy) is 2. The van der Waals surface area contributed by atoms with Crippen LogP contribution in [0, 0.1) is 0 Å². The van der Waals surface area contributed by atoms with Gasteiger partial charge >= 0.3 is 0 Å². The van der Waals surface area contributed by atoms with E-state index in [9.17, 15) is 0 Å². The van der Waals surface area contributed by atoms with Gasteiger partial charge in [0.2, 0.25) is 11.7 Å². The highest BCUT2D eigenvalue weighted by Gasteiger charge is 2.15. The van der Waals surface area contributed by atoms with Crippen LogP contribution in [-0.4, -0.2) is 29.3 Å². The van der Waals surface area contributed by atoms with Gasteiger partial charge in [0.05, 0.1) is 20.6 Å². The summed E-state index contributed by atoms with van der Waals surface area (Å²) >= 11 is 0. The van der Waals surface area contributed by atoms with Gasteiger partial charge in [-0.15, -0.1) is 0 Å². The molecule has 22 heavy (non-hydrogen) atoms. The second kappa shape index (κ2) is 6.26. The van der Waals surface area contributed by atoms with E-state index in [0.29, 0.717) is 18.1 Å². The molecule has 0 bridgehead atoms. The lowest BCUT2D eigenvalue weighted by Crippen LogP contribution is -1.98. The van der Waals surface area contributed by atoms with Crippen molar-refractivity contribution in [3.63, 3.8) is 0 Å². The van der Waals surface area contributed by atoms with Gasteiger partial charge in [-0.2, -0.15) is 4.98 Å². The highest BCUT2D eigenvalue weighted by Crippen LogP contribution is 2.30. The van der Waals surface area contributed by atoms with Crippen LogP contribution < -0.4 is 9.47 Å². The first-order chi connectivity index (χ1) is 10.8. The van der Waals surface area contributed by atoms with Crippen molar-refractivity contribution >= 4 is 0 Å². The molecule has 0 radical (unpaired) electrons. The molecule has 0 saturated heterocycles. The molecule has 2 heterocycles. The Kier molecular flexibility index (Phi) is 4.00. The van der Waals surface area contributed by atoms with Gasteiger partial charge in [0.15, 0.2) is 0 Å². The zero-order chi connectivity index (χ0) is 15.4. The maximum Gasteiger partial charge on any atom is 0.231 e. The number of hydrogen-bond donors (Lipinski definition) is 0. The van der Waals surface area contributed by atoms with Crippen molar-refractivity contribution in [3.8, 4) is 22.9 Å². The smallest absolute Gasteiger partial charge is 0.231 e. The summed E-state index contributed by atoms with van der Waals surface area (Å²) in [4.78, 5) is 8.38. The molecule has 2 aromatic heterocycles. The third kappa shape index (κ3) is 2.76. The lowest BCUT2D eigenvalue weighted by molar-refractivity contribution is 0.367. The molecule has 0 aliphatic carbocycles. The molecule has 0 amide bonds. The van der Waals surface area contributed by atoms with E-state index in [2.05, 4.69) is 15.1 Å². The van der Waals surface area contributed by atoms with E-state index in [-0.39, 0.29) is 0 Å². The molecule has 0 unspecified atom stereocenters. The molecule has 0 spiro atoms. The Balaban J connectivity index is 1.90. The van der Waals surface area contributed by atoms with Gasteiger partial charge in [-0.25, -0.2) is 0 Å². The van der Waals surface area contributed by atoms with E-state index in [1.807, 2.05) is 30.3 Å². The summed E-state index contributed by atoms with van der Waals surface area (Å²) in [7, 11) is 3.24. The molecule has 6 nitrogen and oxygen atoms in total. The summed E-state index contributed by atoms with van der Waals surface area (Å²) in [6.45, 7) is 0. The van der Waals surface area contributed by atoms with Gasteiger partial charge in [0.1, 0.15) is 11.5 Å². The fourth-order valence-electron chi connectivity index (χ4n) is 2.20. The standard InChI is InChI=1S/C16H15N3O3/c1-20-13-4-3-5-14(21-2)12(13)10-15-18-16(19-22-15)11-6-8-17-9-7-11/h3-9H,10H2,1-2H3. The summed E-state index contributed by atoms with van der Waals surface area (Å²) in [6, 6.07) is 9.28. The van der Waals surface area contributed by atoms with E-state index in [0.717, 1.165) is 22.6 Å². The maximum atomic E-state index is 5.37. The van der Waals surface area contributed by atoms with Crippen LogP contribution in [-0.2, 0) is 6.42 Å². The minimum atomic E-state index is 0.436. The molecule has 0 aliphatic rings. The number of benzene rings is 1. The van der Waals surface area contributed by atoms with Gasteiger partial charge < -0.3 is 14.0 Å². The fourth-order valence-corrected chi connectivity index (χ4v) is 2.20. The van der Waals surface area contributed by atoms with E-state index >= 15 is 0 Å². The normalized spacial score (nSPS) is 10.5. The summed E-state index contributed by atoms with van der Waals surface area (Å²) in [6.07, 6.45) is 3.81. The molecule has 0 fully saturated rings. The van der Waals surface area contributed by atoms with Gasteiger partial charge in [-0.1, -0.05) is 11.2 Å². The second-order valence-corrected chi connectivity index (χ2v) is 4.57. The molecule has 3 rings (SSSR count). The fraction of sp³-hybridized carbons (Fsp3) is 0.188. The Morgan fingerprint density at radius 3 is 2.32 bits per heavy atom. The molecule has 1 aromatic carbocycles. The third-order valence-electron chi connectivity index (χ3n) is 3.26. The number of hydrogen-bond acceptors (Lipinski definition) is 6. The Morgan fingerprint density at radius 2 is 1.68 bits per heavy atom. The number of pyridine rings is 1. The average molecular weight is 297 g/mol. The van der Waals surface area contributed by atoms with Crippen molar-refractivity contribution < 1.29 is 14.0 Å². The molecular weight excluding hydrogens is 282 g/mol. The molecule has 112 valence electrons. The minimum Gasteiger partial charge on any atom is -0.496 e. The van der Waals surface area contributed by atoms with Crippen molar-refractivity contribution in [3.05, 3.63) is 54.2 Å². The zero-order valence-electron chi connectivity index (χ0n) is 12.3. The van der Waals surface area contributed by atoms with Crippen LogP contribution in [0.15, 0.2) is 47.2 Å². The maximum absolute atomic E-state index is 5.37. The lowest BCUT2D eigenvalue weighted by atomic mass is 10.1. The third-order valence-corrected chi connectivity index (χ3v) is 3.26. The van der Waals surface area contributed by atoms with Crippen LogP contribution in [0.3, 0.4) is 0 Å². The van der Waals surface area contributed by atoms with Crippen LogP contribution in [0.5, 0.6) is 11.5 Å². The second-order valence-electron chi connectivity index (χ2n) is 4.57. The molecule has 0 N–H and O–H groups in total. The van der Waals surface area contributed by atoms with Crippen LogP contribution in [0.25, 0.3) is 11.4 Å². The molecule has 6 heteroatoms. The van der Waals surface area contributed by atoms with Crippen molar-refractivity contribution in [1.29, 1.82) is 0 Å². The predicted molar refractivity (Wildman–Crippen MR) is 79.9 cm³/mol. The molecular formula is C16H15N3O3. The molecule has 3 aromatic rings. The van der Waals surface area contributed by atoms with Crippen LogP contribution in [0.2, 0.25) is 0 Å². The van der Waals surface area contributed by atoms with Gasteiger partial charge in [-0.05, 0) is 24.3 Å². The topological polar surface area (TPSA) is 70.3 Å². The Hall–Kier alpha value is -2.89. The molecule has 0 saturated carbocycles. The van der Waals surface area contributed by atoms with Gasteiger partial charge in [0, 0.05) is 23.5 Å². The largest absolute Gasteiger partial charge is 0.496 e. The van der Waals surface area contributed by atoms with Crippen molar-refractivity contribution in [2.45, 2.75) is 6.42 Å². The quantitative estimate of drug-likeness (QED) is 0.721. The molecule has 0 atom stereocenters. The van der Waals surface area contributed by atoms with E-state index in [4.69, 9.17) is 14.0 Å². The number of aromatic nitrogens is 3. The molecule has 0 aliphatic heterocycles. The first kappa shape index (κ1) is 14.1. The highest BCUT2D eigenvalue weighted by molar-refractivity contribution is 5.53. The summed E-state index contributed by atoms with van der Waals surface area (Å²) in [5, 5.41) is 4.00. The monoisotopic (exact) mass is 297 g/mol. The van der Waals surface area contributed by atoms with Gasteiger partial charge in [0.25, 0.3) is 0 Å². The van der Waals surface area contributed by atoms with Crippen molar-refractivity contribution in [2.75, 3.05) is 14.2 Å². The van der Waals surface area contributed by atoms with Gasteiger partial charge in [-0.3, -0.25) is 4.98 Å². The summed E-state index contributed by atoms with van der Waals surface area (Å²) < 4.78 is 16.1. The Bertz CT molecular complexity index is 734. The van der Waals surface area contributed by atoms with Crippen LogP contribution >= 0.6 is 0 Å². The van der Waals surface area contributed by atoms with Crippen LogP contribution in [0.1, 0.15) is 11.5 Å². The lowest BCUT2D eigenvalue weighted by Gasteiger charge is -2.10.